The zero-order valence-corrected chi connectivity index (χ0v) is 17.5. The number of para-hydroxylation sites is 1. The Bertz CT molecular complexity index is 1130. The van der Waals surface area contributed by atoms with Gasteiger partial charge in [0.25, 0.3) is 5.91 Å². The van der Waals surface area contributed by atoms with E-state index in [1.54, 1.807) is 42.5 Å². The van der Waals surface area contributed by atoms with Crippen molar-refractivity contribution in [3.8, 4) is 0 Å². The lowest BCUT2D eigenvalue weighted by Crippen LogP contribution is -2.33. The van der Waals surface area contributed by atoms with Crippen LogP contribution in [0.1, 0.15) is 11.5 Å². The highest BCUT2D eigenvalue weighted by molar-refractivity contribution is 8.18. The molecule has 2 aliphatic rings. The number of thioether (sulfide) groups is 1. The molecule has 0 aliphatic carbocycles. The minimum Gasteiger partial charge on any atom is -0.480 e. The first-order chi connectivity index (χ1) is 14.3. The molecule has 10 heteroatoms. The van der Waals surface area contributed by atoms with Gasteiger partial charge in [0.2, 0.25) is 5.91 Å². The molecule has 4 rings (SSSR count). The second kappa shape index (κ2) is 8.14. The zero-order chi connectivity index (χ0) is 21.4. The van der Waals surface area contributed by atoms with Gasteiger partial charge in [0.1, 0.15) is 6.54 Å². The van der Waals surface area contributed by atoms with Crippen LogP contribution in [0.2, 0.25) is 10.0 Å². The summed E-state index contributed by atoms with van der Waals surface area (Å²) in [6, 6.07) is 11.7. The summed E-state index contributed by atoms with van der Waals surface area (Å²) in [4.78, 5) is 42.3. The Balaban J connectivity index is 1.63. The lowest BCUT2D eigenvalue weighted by molar-refractivity contribution is -0.136. The first-order valence-corrected chi connectivity index (χ1v) is 10.3. The molecule has 152 valence electrons. The highest BCUT2D eigenvalue weighted by Gasteiger charge is 2.38. The van der Waals surface area contributed by atoms with E-state index in [2.05, 4.69) is 10.3 Å². The van der Waals surface area contributed by atoms with Gasteiger partial charge in [0.05, 0.1) is 16.5 Å². The molecule has 1 atom stereocenters. The lowest BCUT2D eigenvalue weighted by Gasteiger charge is -2.14. The number of carboxylic acids is 1. The molecule has 2 heterocycles. The Morgan fingerprint density at radius 2 is 1.90 bits per heavy atom. The molecule has 0 spiro atoms. The van der Waals surface area contributed by atoms with Crippen molar-refractivity contribution < 1.29 is 19.5 Å². The summed E-state index contributed by atoms with van der Waals surface area (Å²) in [6.45, 7) is -0.447. The lowest BCUT2D eigenvalue weighted by atomic mass is 10.0. The first-order valence-electron chi connectivity index (χ1n) is 8.70. The summed E-state index contributed by atoms with van der Waals surface area (Å²) < 4.78 is 0. The van der Waals surface area contributed by atoms with Crippen molar-refractivity contribution >= 4 is 69.3 Å². The van der Waals surface area contributed by atoms with Gasteiger partial charge in [-0.05, 0) is 47.7 Å². The first kappa shape index (κ1) is 20.5. The van der Waals surface area contributed by atoms with Crippen LogP contribution in [0, 0.1) is 0 Å². The SMILES string of the molecule is O=C(O)CN1C(=O)[C@@H](/C=C2\SC(=Nc3cc(Cl)cc(Cl)c3)NC2=O)c2ccccc21. The third-order valence-corrected chi connectivity index (χ3v) is 5.80. The number of nitrogens with zero attached hydrogens (tertiary/aromatic N) is 2. The summed E-state index contributed by atoms with van der Waals surface area (Å²) in [6.07, 6.45) is 1.54. The predicted octanol–water partition coefficient (Wildman–Crippen LogP) is 3.94. The fourth-order valence-electron chi connectivity index (χ4n) is 3.24. The van der Waals surface area contributed by atoms with Crippen LogP contribution in [0.15, 0.2) is 58.4 Å². The molecule has 0 unspecified atom stereocenters. The van der Waals surface area contributed by atoms with E-state index >= 15 is 0 Å². The quantitative estimate of drug-likeness (QED) is 0.671. The number of rotatable bonds is 4. The Labute approximate surface area is 185 Å². The predicted molar refractivity (Wildman–Crippen MR) is 117 cm³/mol. The maximum absolute atomic E-state index is 12.9. The minimum atomic E-state index is -1.12. The molecule has 1 fully saturated rings. The summed E-state index contributed by atoms with van der Waals surface area (Å²) in [5.41, 5.74) is 1.65. The average Bonchev–Trinajstić information content (AvgIpc) is 3.13. The summed E-state index contributed by atoms with van der Waals surface area (Å²) in [7, 11) is 0. The molecule has 0 saturated carbocycles. The maximum atomic E-state index is 12.9. The van der Waals surface area contributed by atoms with Gasteiger partial charge in [-0.1, -0.05) is 41.4 Å². The number of amidine groups is 1. The molecule has 30 heavy (non-hydrogen) atoms. The monoisotopic (exact) mass is 461 g/mol. The number of hydrogen-bond donors (Lipinski definition) is 2. The van der Waals surface area contributed by atoms with Crippen LogP contribution in [0.5, 0.6) is 0 Å². The van der Waals surface area contributed by atoms with Crippen molar-refractivity contribution in [2.75, 3.05) is 11.4 Å². The van der Waals surface area contributed by atoms with E-state index in [1.165, 1.54) is 11.0 Å². The third-order valence-electron chi connectivity index (χ3n) is 4.43. The molecular formula is C20H13Cl2N3O4S. The number of carbonyl (C=O) groups is 3. The van der Waals surface area contributed by atoms with Crippen molar-refractivity contribution in [3.63, 3.8) is 0 Å². The van der Waals surface area contributed by atoms with Crippen molar-refractivity contribution in [2.45, 2.75) is 5.92 Å². The Kier molecular flexibility index (Phi) is 5.55. The second-order valence-corrected chi connectivity index (χ2v) is 8.39. The number of fused-ring (bicyclic) bond motifs is 1. The van der Waals surface area contributed by atoms with Gasteiger partial charge in [0.15, 0.2) is 5.17 Å². The van der Waals surface area contributed by atoms with Gasteiger partial charge in [-0.2, -0.15) is 0 Å². The molecule has 2 aliphatic heterocycles. The Hall–Kier alpha value is -2.81. The van der Waals surface area contributed by atoms with E-state index in [0.29, 0.717) is 37.1 Å². The molecule has 2 N–H and O–H groups in total. The molecule has 2 amide bonds. The summed E-state index contributed by atoms with van der Waals surface area (Å²) in [5.74, 6) is -2.66. The van der Waals surface area contributed by atoms with Gasteiger partial charge in [-0.25, -0.2) is 4.99 Å². The normalized spacial score (nSPS) is 20.7. The smallest absolute Gasteiger partial charge is 0.323 e. The highest BCUT2D eigenvalue weighted by Crippen LogP contribution is 2.40. The van der Waals surface area contributed by atoms with Crippen molar-refractivity contribution in [1.29, 1.82) is 0 Å². The van der Waals surface area contributed by atoms with Gasteiger partial charge in [0, 0.05) is 15.7 Å². The van der Waals surface area contributed by atoms with E-state index in [1.807, 2.05) is 0 Å². The summed E-state index contributed by atoms with van der Waals surface area (Å²) in [5, 5.41) is 12.9. The number of aliphatic imine (C=N–C) groups is 1. The van der Waals surface area contributed by atoms with Crippen molar-refractivity contribution in [2.24, 2.45) is 4.99 Å². The molecule has 1 saturated heterocycles. The molecule has 2 aromatic carbocycles. The number of benzene rings is 2. The van der Waals surface area contributed by atoms with E-state index in [0.717, 1.165) is 11.8 Å². The van der Waals surface area contributed by atoms with Crippen LogP contribution < -0.4 is 10.2 Å². The fraction of sp³-hybridized carbons (Fsp3) is 0.100. The minimum absolute atomic E-state index is 0.298. The zero-order valence-electron chi connectivity index (χ0n) is 15.1. The molecular weight excluding hydrogens is 449 g/mol. The van der Waals surface area contributed by atoms with Gasteiger partial charge >= 0.3 is 5.97 Å². The molecule has 7 nitrogen and oxygen atoms in total. The largest absolute Gasteiger partial charge is 0.480 e. The topological polar surface area (TPSA) is 99.1 Å². The second-order valence-electron chi connectivity index (χ2n) is 6.49. The van der Waals surface area contributed by atoms with Crippen molar-refractivity contribution in [3.05, 3.63) is 69.1 Å². The average molecular weight is 462 g/mol. The number of aliphatic carboxylic acids is 1. The highest BCUT2D eigenvalue weighted by atomic mass is 35.5. The standard InChI is InChI=1S/C20H13Cl2N3O4S/c21-10-5-11(22)7-12(6-10)23-20-24-18(28)16(30-20)8-14-13-3-1-2-4-15(13)25(19(14)29)9-17(26)27/h1-8,14H,9H2,(H,26,27)(H,23,24,28)/b16-8-/t14-/m0/s1. The van der Waals surface area contributed by atoms with Crippen LogP contribution in [0.3, 0.4) is 0 Å². The molecule has 2 aromatic rings. The Morgan fingerprint density at radius 1 is 1.20 bits per heavy atom. The number of carbonyl (C=O) groups excluding carboxylic acids is 2. The van der Waals surface area contributed by atoms with Crippen LogP contribution in [0.4, 0.5) is 11.4 Å². The van der Waals surface area contributed by atoms with Gasteiger partial charge in [-0.3, -0.25) is 14.4 Å². The van der Waals surface area contributed by atoms with Crippen molar-refractivity contribution in [1.82, 2.24) is 5.32 Å². The van der Waals surface area contributed by atoms with E-state index in [4.69, 9.17) is 28.3 Å². The number of nitrogens with one attached hydrogen (secondary N) is 1. The number of carboxylic acid groups (broad SMARTS) is 1. The van der Waals surface area contributed by atoms with Crippen LogP contribution in [0.25, 0.3) is 0 Å². The van der Waals surface area contributed by atoms with E-state index in [9.17, 15) is 14.4 Å². The third kappa shape index (κ3) is 4.07. The number of hydrogen-bond acceptors (Lipinski definition) is 5. The van der Waals surface area contributed by atoms with E-state index in [-0.39, 0.29) is 0 Å². The van der Waals surface area contributed by atoms with Gasteiger partial charge < -0.3 is 15.3 Å². The molecule has 0 radical (unpaired) electrons. The maximum Gasteiger partial charge on any atom is 0.323 e. The number of halogens is 2. The van der Waals surface area contributed by atoms with Crippen LogP contribution in [-0.4, -0.2) is 34.6 Å². The number of amides is 2. The Morgan fingerprint density at radius 3 is 2.60 bits per heavy atom. The number of anilines is 1. The van der Waals surface area contributed by atoms with Crippen LogP contribution >= 0.6 is 35.0 Å². The molecule has 0 aromatic heterocycles. The molecule has 0 bridgehead atoms. The van der Waals surface area contributed by atoms with E-state index < -0.39 is 30.2 Å². The summed E-state index contributed by atoms with van der Waals surface area (Å²) >= 11 is 13.0. The fourth-order valence-corrected chi connectivity index (χ4v) is 4.61. The van der Waals surface area contributed by atoms with Gasteiger partial charge in [-0.15, -0.1) is 0 Å². The van der Waals surface area contributed by atoms with Crippen LogP contribution in [-0.2, 0) is 14.4 Å².